The summed E-state index contributed by atoms with van der Waals surface area (Å²) in [5, 5.41) is 4.29. The number of halogens is 1. The molecule has 1 unspecified atom stereocenters. The molecule has 0 bridgehead atoms. The summed E-state index contributed by atoms with van der Waals surface area (Å²) >= 11 is 5.56. The van der Waals surface area contributed by atoms with Crippen LogP contribution in [0.4, 0.5) is 5.69 Å². The third kappa shape index (κ3) is 4.59. The molecule has 2 heterocycles. The van der Waals surface area contributed by atoms with Crippen LogP contribution in [0.1, 0.15) is 28.4 Å². The lowest BCUT2D eigenvalue weighted by Gasteiger charge is -2.26. The van der Waals surface area contributed by atoms with Gasteiger partial charge in [0.25, 0.3) is 0 Å². The number of nitrogens with one attached hydrogen (secondary N) is 1. The summed E-state index contributed by atoms with van der Waals surface area (Å²) in [6.07, 6.45) is 2.91. The predicted octanol–water partition coefficient (Wildman–Crippen LogP) is 4.55. The van der Waals surface area contributed by atoms with Crippen LogP contribution in [-0.4, -0.2) is 11.5 Å². The number of pyridine rings is 1. The van der Waals surface area contributed by atoms with Crippen molar-refractivity contribution in [3.05, 3.63) is 94.3 Å². The maximum atomic E-state index is 5.56. The van der Waals surface area contributed by atoms with Crippen LogP contribution in [0.2, 0.25) is 5.02 Å². The summed E-state index contributed by atoms with van der Waals surface area (Å²) in [5.74, 6) is 0. The van der Waals surface area contributed by atoms with E-state index in [2.05, 4.69) is 47.6 Å². The van der Waals surface area contributed by atoms with Crippen molar-refractivity contribution in [1.29, 1.82) is 0 Å². The van der Waals surface area contributed by atoms with Gasteiger partial charge in [0, 0.05) is 35.6 Å². The summed E-state index contributed by atoms with van der Waals surface area (Å²) < 4.78 is 0. The van der Waals surface area contributed by atoms with Gasteiger partial charge in [0.2, 0.25) is 0 Å². The first-order chi connectivity index (χ1) is 12.1. The molecule has 3 N–H and O–H groups in total. The van der Waals surface area contributed by atoms with Gasteiger partial charge in [-0.05, 0) is 48.4 Å². The van der Waals surface area contributed by atoms with Gasteiger partial charge in [0.15, 0.2) is 0 Å². The number of nitrogen functional groups attached to an aromatic ring is 1. The minimum absolute atomic E-state index is 0.299. The van der Waals surface area contributed by atoms with E-state index in [0.29, 0.717) is 6.04 Å². The van der Waals surface area contributed by atoms with E-state index < -0.39 is 0 Å². The number of aromatic nitrogens is 1. The zero-order valence-electron chi connectivity index (χ0n) is 14.2. The van der Waals surface area contributed by atoms with Gasteiger partial charge in [-0.25, -0.2) is 0 Å². The third-order valence-corrected chi connectivity index (χ3v) is 4.48. The first kappa shape index (κ1) is 17.5. The average Bonchev–Trinajstić information content (AvgIpc) is 2.65. The minimum Gasteiger partial charge on any atom is -0.399 e. The molecule has 0 saturated carbocycles. The number of fused-ring (bicyclic) bond motifs is 1. The molecule has 0 amide bonds. The molecule has 0 radical (unpaired) electrons. The van der Waals surface area contributed by atoms with E-state index in [4.69, 9.17) is 17.3 Å². The van der Waals surface area contributed by atoms with Crippen molar-refractivity contribution in [2.24, 2.45) is 0 Å². The standard InChI is InChI=1S/C15H16N2.C6H6ClN/c1-11-4-6-12(7-5-11)15-13-3-2-9-16-14(13)8-10-17-15;7-5-1-3-6(8)4-2-5/h2-7,9,15,17H,8,10H2,1H3;1-4H,8H2. The second kappa shape index (κ2) is 8.15. The first-order valence-corrected chi connectivity index (χ1v) is 8.76. The Bertz CT molecular complexity index is 792. The fraction of sp³-hybridized carbons (Fsp3) is 0.190. The van der Waals surface area contributed by atoms with Gasteiger partial charge in [-0.3, -0.25) is 4.98 Å². The molecule has 4 heteroatoms. The van der Waals surface area contributed by atoms with Crippen molar-refractivity contribution in [2.45, 2.75) is 19.4 Å². The van der Waals surface area contributed by atoms with Crippen molar-refractivity contribution < 1.29 is 0 Å². The fourth-order valence-electron chi connectivity index (χ4n) is 2.89. The third-order valence-electron chi connectivity index (χ3n) is 4.23. The zero-order valence-corrected chi connectivity index (χ0v) is 15.0. The van der Waals surface area contributed by atoms with Gasteiger partial charge in [-0.2, -0.15) is 0 Å². The van der Waals surface area contributed by atoms with Crippen LogP contribution in [0, 0.1) is 6.92 Å². The highest BCUT2D eigenvalue weighted by Crippen LogP contribution is 2.27. The van der Waals surface area contributed by atoms with Crippen LogP contribution in [0.3, 0.4) is 0 Å². The normalized spacial score (nSPS) is 15.7. The smallest absolute Gasteiger partial charge is 0.0594 e. The van der Waals surface area contributed by atoms with E-state index in [1.165, 1.54) is 22.4 Å². The highest BCUT2D eigenvalue weighted by atomic mass is 35.5. The maximum Gasteiger partial charge on any atom is 0.0594 e. The molecule has 0 spiro atoms. The lowest BCUT2D eigenvalue weighted by atomic mass is 9.93. The SMILES string of the molecule is Cc1ccc(C2NCCc3ncccc32)cc1.Nc1ccc(Cl)cc1. The number of anilines is 1. The van der Waals surface area contributed by atoms with Crippen molar-refractivity contribution >= 4 is 17.3 Å². The maximum absolute atomic E-state index is 5.56. The molecule has 25 heavy (non-hydrogen) atoms. The highest BCUT2D eigenvalue weighted by Gasteiger charge is 2.21. The molecule has 0 aliphatic carbocycles. The number of rotatable bonds is 1. The molecule has 128 valence electrons. The summed E-state index contributed by atoms with van der Waals surface area (Å²) in [6.45, 7) is 3.12. The molecule has 3 aromatic rings. The molecule has 0 saturated heterocycles. The molecule has 1 aliphatic heterocycles. The largest absolute Gasteiger partial charge is 0.399 e. The Morgan fingerprint density at radius 3 is 2.44 bits per heavy atom. The Morgan fingerprint density at radius 1 is 1.04 bits per heavy atom. The first-order valence-electron chi connectivity index (χ1n) is 8.38. The van der Waals surface area contributed by atoms with E-state index >= 15 is 0 Å². The molecule has 0 fully saturated rings. The molecular weight excluding hydrogens is 330 g/mol. The van der Waals surface area contributed by atoms with Gasteiger partial charge in [0.05, 0.1) is 6.04 Å². The van der Waals surface area contributed by atoms with E-state index in [1.807, 2.05) is 12.3 Å². The lowest BCUT2D eigenvalue weighted by molar-refractivity contribution is 0.558. The van der Waals surface area contributed by atoms with E-state index in [-0.39, 0.29) is 0 Å². The Morgan fingerprint density at radius 2 is 1.76 bits per heavy atom. The van der Waals surface area contributed by atoms with Crippen LogP contribution >= 0.6 is 11.6 Å². The molecule has 1 aliphatic rings. The topological polar surface area (TPSA) is 50.9 Å². The summed E-state index contributed by atoms with van der Waals surface area (Å²) in [6, 6.07) is 20.3. The number of nitrogens with zero attached hydrogens (tertiary/aromatic N) is 1. The predicted molar refractivity (Wildman–Crippen MR) is 105 cm³/mol. The van der Waals surface area contributed by atoms with Gasteiger partial charge in [-0.1, -0.05) is 47.5 Å². The van der Waals surface area contributed by atoms with Crippen molar-refractivity contribution in [3.8, 4) is 0 Å². The van der Waals surface area contributed by atoms with Crippen molar-refractivity contribution in [3.63, 3.8) is 0 Å². The fourth-order valence-corrected chi connectivity index (χ4v) is 3.01. The van der Waals surface area contributed by atoms with E-state index in [1.54, 1.807) is 24.3 Å². The Balaban J connectivity index is 0.000000192. The van der Waals surface area contributed by atoms with Gasteiger partial charge in [-0.15, -0.1) is 0 Å². The van der Waals surface area contributed by atoms with Gasteiger partial charge < -0.3 is 11.1 Å². The van der Waals surface area contributed by atoms with E-state index in [9.17, 15) is 0 Å². The van der Waals surface area contributed by atoms with Crippen LogP contribution < -0.4 is 11.1 Å². The number of nitrogens with two attached hydrogens (primary N) is 1. The number of aryl methyl sites for hydroxylation is 1. The average molecular weight is 352 g/mol. The molecular formula is C21H22ClN3. The van der Waals surface area contributed by atoms with Crippen molar-refractivity contribution in [2.75, 3.05) is 12.3 Å². The molecule has 1 aromatic heterocycles. The lowest BCUT2D eigenvalue weighted by Crippen LogP contribution is -2.31. The Hall–Kier alpha value is -2.36. The molecule has 2 aromatic carbocycles. The highest BCUT2D eigenvalue weighted by molar-refractivity contribution is 6.30. The monoisotopic (exact) mass is 351 g/mol. The van der Waals surface area contributed by atoms with Gasteiger partial charge in [0.1, 0.15) is 0 Å². The van der Waals surface area contributed by atoms with Crippen LogP contribution in [0.5, 0.6) is 0 Å². The Labute approximate surface area is 153 Å². The van der Waals surface area contributed by atoms with Crippen LogP contribution in [-0.2, 0) is 6.42 Å². The summed E-state index contributed by atoms with van der Waals surface area (Å²) in [5.41, 5.74) is 11.3. The Kier molecular flexibility index (Phi) is 5.69. The number of benzene rings is 2. The number of hydrogen-bond acceptors (Lipinski definition) is 3. The second-order valence-electron chi connectivity index (χ2n) is 6.14. The van der Waals surface area contributed by atoms with Crippen molar-refractivity contribution in [1.82, 2.24) is 10.3 Å². The quantitative estimate of drug-likeness (QED) is 0.632. The molecule has 4 rings (SSSR count). The van der Waals surface area contributed by atoms with Gasteiger partial charge >= 0.3 is 0 Å². The van der Waals surface area contributed by atoms with Crippen LogP contribution in [0.15, 0.2) is 66.9 Å². The summed E-state index contributed by atoms with van der Waals surface area (Å²) in [7, 11) is 0. The molecule has 1 atom stereocenters. The zero-order chi connectivity index (χ0) is 17.6. The van der Waals surface area contributed by atoms with Crippen LogP contribution in [0.25, 0.3) is 0 Å². The second-order valence-corrected chi connectivity index (χ2v) is 6.58. The molecule has 3 nitrogen and oxygen atoms in total. The van der Waals surface area contributed by atoms with E-state index in [0.717, 1.165) is 23.7 Å². The minimum atomic E-state index is 0.299. The summed E-state index contributed by atoms with van der Waals surface area (Å²) in [4.78, 5) is 4.47. The number of hydrogen-bond donors (Lipinski definition) is 2.